The molecule has 3 fully saturated rings. The average Bonchev–Trinajstić information content (AvgIpc) is 3.13. The monoisotopic (exact) mass is 456 g/mol. The van der Waals surface area contributed by atoms with Gasteiger partial charge in [0.25, 0.3) is 5.91 Å². The Morgan fingerprint density at radius 1 is 1.15 bits per heavy atom. The molecule has 33 heavy (non-hydrogen) atoms. The van der Waals surface area contributed by atoms with Gasteiger partial charge in [0.1, 0.15) is 0 Å². The van der Waals surface area contributed by atoms with Crippen LogP contribution in [-0.2, 0) is 4.74 Å². The molecule has 2 unspecified atom stereocenters. The third-order valence-corrected chi connectivity index (χ3v) is 7.58. The molecule has 1 aromatic heterocycles. The van der Waals surface area contributed by atoms with Crippen LogP contribution < -0.4 is 5.32 Å². The Hall–Kier alpha value is -2.65. The average molecular weight is 457 g/mol. The van der Waals surface area contributed by atoms with Gasteiger partial charge in [-0.15, -0.1) is 0 Å². The molecule has 1 saturated carbocycles. The van der Waals surface area contributed by atoms with E-state index in [0.717, 1.165) is 23.7 Å². The number of carbonyl (C=O) groups is 2. The summed E-state index contributed by atoms with van der Waals surface area (Å²) in [7, 11) is 0. The predicted octanol–water partition coefficient (Wildman–Crippen LogP) is 2.93. The van der Waals surface area contributed by atoms with Crippen LogP contribution in [0.15, 0.2) is 24.3 Å². The highest BCUT2D eigenvalue weighted by atomic mass is 16.5. The molecule has 1 aliphatic carbocycles. The van der Waals surface area contributed by atoms with Crippen molar-refractivity contribution in [1.82, 2.24) is 20.0 Å². The summed E-state index contributed by atoms with van der Waals surface area (Å²) < 4.78 is 7.32. The van der Waals surface area contributed by atoms with Crippen molar-refractivity contribution in [2.24, 2.45) is 0 Å². The quantitative estimate of drug-likeness (QED) is 0.637. The van der Waals surface area contributed by atoms with Crippen LogP contribution in [0.4, 0.5) is 4.79 Å². The van der Waals surface area contributed by atoms with Crippen LogP contribution in [0.2, 0.25) is 0 Å². The van der Waals surface area contributed by atoms with Crippen LogP contribution in [0.25, 0.3) is 10.9 Å². The molecule has 0 radical (unpaired) electrons. The number of hydrogen-bond acceptors (Lipinski definition) is 5. The van der Waals surface area contributed by atoms with Gasteiger partial charge in [0.2, 0.25) is 0 Å². The van der Waals surface area contributed by atoms with Gasteiger partial charge >= 0.3 is 6.09 Å². The molecule has 0 bridgehead atoms. The summed E-state index contributed by atoms with van der Waals surface area (Å²) in [5.41, 5.74) is 0.478. The fraction of sp³-hybridized carbons (Fsp3) is 0.625. The van der Waals surface area contributed by atoms with Gasteiger partial charge in [-0.3, -0.25) is 9.48 Å². The molecule has 2 aliphatic heterocycles. The van der Waals surface area contributed by atoms with E-state index in [1.807, 2.05) is 28.9 Å². The number of hydrogen-bond donors (Lipinski definition) is 3. The Morgan fingerprint density at radius 2 is 1.91 bits per heavy atom. The lowest BCUT2D eigenvalue weighted by Crippen LogP contribution is -2.56. The van der Waals surface area contributed by atoms with E-state index in [9.17, 15) is 19.8 Å². The van der Waals surface area contributed by atoms with E-state index in [-0.39, 0.29) is 24.5 Å². The van der Waals surface area contributed by atoms with E-state index < -0.39 is 11.7 Å². The zero-order valence-corrected chi connectivity index (χ0v) is 18.8. The van der Waals surface area contributed by atoms with E-state index in [1.54, 1.807) is 0 Å². The van der Waals surface area contributed by atoms with Gasteiger partial charge in [-0.1, -0.05) is 18.2 Å². The van der Waals surface area contributed by atoms with Gasteiger partial charge < -0.3 is 25.2 Å². The summed E-state index contributed by atoms with van der Waals surface area (Å²) in [4.78, 5) is 26.6. The van der Waals surface area contributed by atoms with E-state index in [0.29, 0.717) is 57.1 Å². The van der Waals surface area contributed by atoms with Crippen molar-refractivity contribution in [3.63, 3.8) is 0 Å². The molecule has 3 N–H and O–H groups in total. The minimum absolute atomic E-state index is 0.208. The standard InChI is InChI=1S/C24H32N4O5/c29-22(21-19-6-1-2-7-20(19)28(26-21)17-4-3-5-17)25-16-8-9-18(27(15-16)23(30)31)14-24(32)10-12-33-13-11-24/h1-2,6-7,16-18,32H,3-5,8-15H2,(H,25,29)(H,30,31). The molecule has 2 aromatic rings. The van der Waals surface area contributed by atoms with Crippen LogP contribution in [-0.4, -0.2) is 74.3 Å². The highest BCUT2D eigenvalue weighted by molar-refractivity contribution is 6.05. The lowest BCUT2D eigenvalue weighted by molar-refractivity contribution is -0.0821. The number of para-hydroxylation sites is 1. The van der Waals surface area contributed by atoms with Crippen molar-refractivity contribution in [1.29, 1.82) is 0 Å². The number of rotatable bonds is 5. The number of nitrogens with zero attached hydrogens (tertiary/aromatic N) is 3. The molecule has 9 heteroatoms. The number of carboxylic acid groups (broad SMARTS) is 1. The second-order valence-electron chi connectivity index (χ2n) is 9.77. The SMILES string of the molecule is O=C(NC1CCC(CC2(O)CCOCC2)N(C(=O)O)C1)c1nn(C2CCC2)c2ccccc12. The molecule has 9 nitrogen and oxygen atoms in total. The number of likely N-dealkylation sites (tertiary alicyclic amines) is 1. The molecular weight excluding hydrogens is 424 g/mol. The molecule has 2 atom stereocenters. The highest BCUT2D eigenvalue weighted by Crippen LogP contribution is 2.35. The van der Waals surface area contributed by atoms with Gasteiger partial charge in [-0.25, -0.2) is 4.79 Å². The maximum absolute atomic E-state index is 13.2. The molecule has 3 heterocycles. The van der Waals surface area contributed by atoms with Crippen molar-refractivity contribution in [3.8, 4) is 0 Å². The fourth-order valence-electron chi connectivity index (χ4n) is 5.41. The molecule has 2 saturated heterocycles. The van der Waals surface area contributed by atoms with Gasteiger partial charge in [0, 0.05) is 37.2 Å². The van der Waals surface area contributed by atoms with E-state index >= 15 is 0 Å². The van der Waals surface area contributed by atoms with Gasteiger partial charge in [0.05, 0.1) is 17.2 Å². The molecular formula is C24H32N4O5. The van der Waals surface area contributed by atoms with Crippen LogP contribution in [0.5, 0.6) is 0 Å². The summed E-state index contributed by atoms with van der Waals surface area (Å²) in [6.45, 7) is 1.20. The molecule has 178 valence electrons. The maximum atomic E-state index is 13.2. The van der Waals surface area contributed by atoms with Gasteiger partial charge in [0.15, 0.2) is 5.69 Å². The summed E-state index contributed by atoms with van der Waals surface area (Å²) in [5, 5.41) is 29.2. The Balaban J connectivity index is 1.28. The van der Waals surface area contributed by atoms with E-state index in [1.165, 1.54) is 11.3 Å². The molecule has 3 aliphatic rings. The van der Waals surface area contributed by atoms with Crippen LogP contribution in [0.3, 0.4) is 0 Å². The van der Waals surface area contributed by atoms with E-state index in [2.05, 4.69) is 10.4 Å². The normalized spacial score (nSPS) is 25.5. The Bertz CT molecular complexity index is 1030. The number of piperidine rings is 1. The number of nitrogens with one attached hydrogen (secondary N) is 1. The Morgan fingerprint density at radius 3 is 2.61 bits per heavy atom. The van der Waals surface area contributed by atoms with Crippen molar-refractivity contribution in [2.45, 2.75) is 75.1 Å². The Kier molecular flexibility index (Phi) is 6.01. The second kappa shape index (κ2) is 8.95. The number of amides is 2. The lowest BCUT2D eigenvalue weighted by Gasteiger charge is -2.42. The van der Waals surface area contributed by atoms with Crippen LogP contribution in [0, 0.1) is 0 Å². The maximum Gasteiger partial charge on any atom is 0.407 e. The zero-order chi connectivity index (χ0) is 23.0. The minimum Gasteiger partial charge on any atom is -0.465 e. The van der Waals surface area contributed by atoms with Crippen molar-refractivity contribution >= 4 is 22.9 Å². The first-order valence-corrected chi connectivity index (χ1v) is 12.0. The Labute approximate surface area is 192 Å². The number of aromatic nitrogens is 2. The van der Waals surface area contributed by atoms with E-state index in [4.69, 9.17) is 4.74 Å². The lowest BCUT2D eigenvalue weighted by atomic mass is 9.83. The summed E-state index contributed by atoms with van der Waals surface area (Å²) in [6.07, 6.45) is 5.00. The van der Waals surface area contributed by atoms with Crippen LogP contribution >= 0.6 is 0 Å². The zero-order valence-electron chi connectivity index (χ0n) is 18.8. The number of fused-ring (bicyclic) bond motifs is 1. The topological polar surface area (TPSA) is 117 Å². The molecule has 0 spiro atoms. The fourth-order valence-corrected chi connectivity index (χ4v) is 5.41. The largest absolute Gasteiger partial charge is 0.465 e. The van der Waals surface area contributed by atoms with Crippen molar-refractivity contribution < 1.29 is 24.5 Å². The minimum atomic E-state index is -1.02. The first-order valence-electron chi connectivity index (χ1n) is 12.0. The first kappa shape index (κ1) is 22.2. The summed E-state index contributed by atoms with van der Waals surface area (Å²) in [5.74, 6) is -0.263. The summed E-state index contributed by atoms with van der Waals surface area (Å²) in [6, 6.07) is 7.56. The van der Waals surface area contributed by atoms with Crippen molar-refractivity contribution in [3.05, 3.63) is 30.0 Å². The van der Waals surface area contributed by atoms with Gasteiger partial charge in [-0.2, -0.15) is 5.10 Å². The first-order chi connectivity index (χ1) is 15.9. The summed E-state index contributed by atoms with van der Waals surface area (Å²) >= 11 is 0. The third kappa shape index (κ3) is 4.44. The molecule has 2 amide bonds. The number of ether oxygens (including phenoxy) is 1. The smallest absolute Gasteiger partial charge is 0.407 e. The number of benzene rings is 1. The molecule has 1 aromatic carbocycles. The highest BCUT2D eigenvalue weighted by Gasteiger charge is 2.39. The van der Waals surface area contributed by atoms with Crippen LogP contribution in [0.1, 0.15) is 67.9 Å². The predicted molar refractivity (Wildman–Crippen MR) is 121 cm³/mol. The molecule has 5 rings (SSSR count). The second-order valence-corrected chi connectivity index (χ2v) is 9.77. The third-order valence-electron chi connectivity index (χ3n) is 7.58. The number of carbonyl (C=O) groups excluding carboxylic acids is 1. The van der Waals surface area contributed by atoms with Gasteiger partial charge in [-0.05, 0) is 57.4 Å². The van der Waals surface area contributed by atoms with Crippen molar-refractivity contribution in [2.75, 3.05) is 19.8 Å². The number of aliphatic hydroxyl groups is 1.